The van der Waals surface area contributed by atoms with Crippen LogP contribution in [0, 0.1) is 0 Å². The van der Waals surface area contributed by atoms with Crippen LogP contribution in [0.5, 0.6) is 0 Å². The van der Waals surface area contributed by atoms with Crippen LogP contribution in [-0.4, -0.2) is 37.8 Å². The van der Waals surface area contributed by atoms with Crippen LogP contribution < -0.4 is 0 Å². The van der Waals surface area contributed by atoms with E-state index >= 15 is 0 Å². The second-order valence-electron chi connectivity index (χ2n) is 5.43. The molecule has 0 unspecified atom stereocenters. The van der Waals surface area contributed by atoms with Crippen molar-refractivity contribution in [3.8, 4) is 5.69 Å². The minimum atomic E-state index is 0.388. The van der Waals surface area contributed by atoms with Crippen molar-refractivity contribution < 1.29 is 4.74 Å². The van der Waals surface area contributed by atoms with E-state index in [0.717, 1.165) is 36.8 Å². The standard InChI is InChI=1S/C16H17N5O/c1-2-4-15(5-3-1)21-18-10-14(19-21)11-20-8-7-17-16(20)13-6-9-22-12-13/h1-5,7-8,10,13H,6,9,11-12H2/t13-/m1/s1. The van der Waals surface area contributed by atoms with Crippen molar-refractivity contribution in [2.24, 2.45) is 0 Å². The van der Waals surface area contributed by atoms with Gasteiger partial charge in [-0.3, -0.25) is 0 Å². The van der Waals surface area contributed by atoms with Gasteiger partial charge in [0.05, 0.1) is 25.0 Å². The summed E-state index contributed by atoms with van der Waals surface area (Å²) < 4.78 is 7.60. The third kappa shape index (κ3) is 2.53. The van der Waals surface area contributed by atoms with E-state index in [1.165, 1.54) is 0 Å². The lowest BCUT2D eigenvalue weighted by Gasteiger charge is -2.10. The van der Waals surface area contributed by atoms with Crippen molar-refractivity contribution in [3.63, 3.8) is 0 Å². The zero-order chi connectivity index (χ0) is 14.8. The van der Waals surface area contributed by atoms with E-state index in [1.807, 2.05) is 48.9 Å². The van der Waals surface area contributed by atoms with Gasteiger partial charge in [0.2, 0.25) is 0 Å². The number of imidazole rings is 1. The molecule has 112 valence electrons. The average Bonchev–Trinajstić information content (AvgIpc) is 3.30. The quantitative estimate of drug-likeness (QED) is 0.739. The van der Waals surface area contributed by atoms with Gasteiger partial charge >= 0.3 is 0 Å². The Labute approximate surface area is 128 Å². The summed E-state index contributed by atoms with van der Waals surface area (Å²) in [7, 11) is 0. The van der Waals surface area contributed by atoms with Gasteiger partial charge in [-0.05, 0) is 18.6 Å². The Morgan fingerprint density at radius 2 is 2.14 bits per heavy atom. The molecule has 1 aromatic carbocycles. The highest BCUT2D eigenvalue weighted by molar-refractivity contribution is 5.28. The third-order valence-electron chi connectivity index (χ3n) is 3.90. The fraction of sp³-hybridized carbons (Fsp3) is 0.312. The van der Waals surface area contributed by atoms with E-state index in [-0.39, 0.29) is 0 Å². The van der Waals surface area contributed by atoms with E-state index in [2.05, 4.69) is 19.7 Å². The maximum absolute atomic E-state index is 5.46. The number of ether oxygens (including phenoxy) is 1. The van der Waals surface area contributed by atoms with Crippen molar-refractivity contribution in [3.05, 3.63) is 60.4 Å². The molecule has 6 nitrogen and oxygen atoms in total. The molecular weight excluding hydrogens is 278 g/mol. The van der Waals surface area contributed by atoms with Crippen LogP contribution in [0.15, 0.2) is 48.9 Å². The Balaban J connectivity index is 1.55. The van der Waals surface area contributed by atoms with Gasteiger partial charge in [-0.2, -0.15) is 15.0 Å². The summed E-state index contributed by atoms with van der Waals surface area (Å²) in [6.07, 6.45) is 6.68. The first-order valence-corrected chi connectivity index (χ1v) is 7.45. The predicted molar refractivity (Wildman–Crippen MR) is 80.9 cm³/mol. The van der Waals surface area contributed by atoms with Gasteiger partial charge in [0, 0.05) is 24.9 Å². The highest BCUT2D eigenvalue weighted by atomic mass is 16.5. The molecule has 1 saturated heterocycles. The molecule has 1 fully saturated rings. The molecule has 0 spiro atoms. The summed E-state index contributed by atoms with van der Waals surface area (Å²) in [4.78, 5) is 6.14. The summed E-state index contributed by atoms with van der Waals surface area (Å²) in [5.74, 6) is 1.46. The molecule has 3 heterocycles. The summed E-state index contributed by atoms with van der Waals surface area (Å²) in [6.45, 7) is 2.26. The molecule has 0 saturated carbocycles. The van der Waals surface area contributed by atoms with Gasteiger partial charge in [0.25, 0.3) is 0 Å². The largest absolute Gasteiger partial charge is 0.381 e. The molecule has 1 aliphatic heterocycles. The molecule has 3 aromatic rings. The van der Waals surface area contributed by atoms with Crippen molar-refractivity contribution in [2.75, 3.05) is 13.2 Å². The lowest BCUT2D eigenvalue weighted by Crippen LogP contribution is -2.10. The molecule has 1 atom stereocenters. The second kappa shape index (κ2) is 5.73. The Bertz CT molecular complexity index is 743. The SMILES string of the molecule is c1ccc(-n2ncc(Cn3ccnc3[C@@H]3CCOC3)n2)cc1. The van der Waals surface area contributed by atoms with E-state index in [1.54, 1.807) is 4.80 Å². The van der Waals surface area contributed by atoms with Crippen molar-refractivity contribution in [2.45, 2.75) is 18.9 Å². The van der Waals surface area contributed by atoms with E-state index in [0.29, 0.717) is 12.5 Å². The molecule has 0 N–H and O–H groups in total. The normalized spacial score (nSPS) is 17.9. The summed E-state index contributed by atoms with van der Waals surface area (Å²) in [5, 5.41) is 8.89. The number of aromatic nitrogens is 5. The molecule has 0 bridgehead atoms. The number of para-hydroxylation sites is 1. The van der Waals surface area contributed by atoms with Gasteiger partial charge in [0.15, 0.2) is 0 Å². The maximum atomic E-state index is 5.46. The first-order valence-electron chi connectivity index (χ1n) is 7.45. The molecule has 4 rings (SSSR count). The minimum Gasteiger partial charge on any atom is -0.381 e. The fourth-order valence-electron chi connectivity index (χ4n) is 2.78. The first-order chi connectivity index (χ1) is 10.9. The number of benzene rings is 1. The number of hydrogen-bond acceptors (Lipinski definition) is 4. The van der Waals surface area contributed by atoms with Gasteiger partial charge in [-0.15, -0.1) is 0 Å². The first kappa shape index (κ1) is 13.2. The molecule has 0 radical (unpaired) electrons. The van der Waals surface area contributed by atoms with Gasteiger partial charge in [0.1, 0.15) is 11.5 Å². The van der Waals surface area contributed by atoms with Crippen LogP contribution in [0.4, 0.5) is 0 Å². The number of hydrogen-bond donors (Lipinski definition) is 0. The van der Waals surface area contributed by atoms with Crippen molar-refractivity contribution in [1.29, 1.82) is 0 Å². The topological polar surface area (TPSA) is 57.8 Å². The van der Waals surface area contributed by atoms with Crippen LogP contribution in [0.1, 0.15) is 23.9 Å². The molecule has 6 heteroatoms. The van der Waals surface area contributed by atoms with Crippen LogP contribution in [0.2, 0.25) is 0 Å². The predicted octanol–water partition coefficient (Wildman–Crippen LogP) is 2.02. The molecule has 2 aromatic heterocycles. The maximum Gasteiger partial charge on any atom is 0.114 e. The molecule has 1 aliphatic rings. The highest BCUT2D eigenvalue weighted by Crippen LogP contribution is 2.24. The molecule has 0 amide bonds. The number of rotatable bonds is 4. The van der Waals surface area contributed by atoms with Gasteiger partial charge in [-0.25, -0.2) is 4.98 Å². The highest BCUT2D eigenvalue weighted by Gasteiger charge is 2.22. The van der Waals surface area contributed by atoms with Crippen molar-refractivity contribution >= 4 is 0 Å². The summed E-state index contributed by atoms with van der Waals surface area (Å²) >= 11 is 0. The molecule has 22 heavy (non-hydrogen) atoms. The Kier molecular flexibility index (Phi) is 3.44. The molecular formula is C16H17N5O. The zero-order valence-electron chi connectivity index (χ0n) is 12.2. The lowest BCUT2D eigenvalue weighted by molar-refractivity contribution is 0.192. The van der Waals surface area contributed by atoms with Crippen LogP contribution >= 0.6 is 0 Å². The zero-order valence-corrected chi connectivity index (χ0v) is 12.2. The van der Waals surface area contributed by atoms with Crippen molar-refractivity contribution in [1.82, 2.24) is 24.5 Å². The Morgan fingerprint density at radius 3 is 2.95 bits per heavy atom. The third-order valence-corrected chi connectivity index (χ3v) is 3.90. The Morgan fingerprint density at radius 1 is 1.23 bits per heavy atom. The summed E-state index contributed by atoms with van der Waals surface area (Å²) in [6, 6.07) is 9.92. The van der Waals surface area contributed by atoms with Crippen LogP contribution in [0.25, 0.3) is 5.69 Å². The monoisotopic (exact) mass is 295 g/mol. The minimum absolute atomic E-state index is 0.388. The van der Waals surface area contributed by atoms with Crippen LogP contribution in [-0.2, 0) is 11.3 Å². The van der Waals surface area contributed by atoms with Gasteiger partial charge < -0.3 is 9.30 Å². The number of nitrogens with zero attached hydrogens (tertiary/aromatic N) is 5. The second-order valence-corrected chi connectivity index (χ2v) is 5.43. The average molecular weight is 295 g/mol. The van der Waals surface area contributed by atoms with E-state index in [9.17, 15) is 0 Å². The van der Waals surface area contributed by atoms with Gasteiger partial charge in [-0.1, -0.05) is 18.2 Å². The summed E-state index contributed by atoms with van der Waals surface area (Å²) in [5.41, 5.74) is 1.88. The van der Waals surface area contributed by atoms with Crippen LogP contribution in [0.3, 0.4) is 0 Å². The van der Waals surface area contributed by atoms with E-state index in [4.69, 9.17) is 4.74 Å². The molecule has 0 aliphatic carbocycles. The lowest BCUT2D eigenvalue weighted by atomic mass is 10.1. The van der Waals surface area contributed by atoms with E-state index < -0.39 is 0 Å². The fourth-order valence-corrected chi connectivity index (χ4v) is 2.78. The smallest absolute Gasteiger partial charge is 0.114 e. The Hall–Kier alpha value is -2.47.